The van der Waals surface area contributed by atoms with Crippen LogP contribution in [0.4, 0.5) is 15.3 Å². The van der Waals surface area contributed by atoms with Crippen LogP contribution in [-0.2, 0) is 20.3 Å². The van der Waals surface area contributed by atoms with Crippen molar-refractivity contribution < 1.29 is 22.7 Å². The third-order valence-corrected chi connectivity index (χ3v) is 9.20. The second kappa shape index (κ2) is 12.7. The number of ether oxygens (including phenoxy) is 1. The fraction of sp³-hybridized carbons (Fsp3) is 0.267. The standard InChI is InChI=1S/C30H30Cl2N4O5S/c31-25-8-4-23(5-9-25)28(24-6-10-26(32)11-7-24)36-17-22(18-36)20-42(39,40)19-21-2-1-3-27(16-21)34-12-14-35(15-13-34)30(38)41-29(33)37/h1-11,16,20,28H,12-15,17-19H2,(H2,33,37). The Morgan fingerprint density at radius 3 is 2.00 bits per heavy atom. The van der Waals surface area contributed by atoms with E-state index in [4.69, 9.17) is 28.9 Å². The first kappa shape index (κ1) is 29.9. The van der Waals surface area contributed by atoms with E-state index in [-0.39, 0.29) is 11.8 Å². The lowest BCUT2D eigenvalue weighted by molar-refractivity contribution is 0.120. The number of halogens is 2. The van der Waals surface area contributed by atoms with Crippen LogP contribution in [0.2, 0.25) is 10.0 Å². The number of likely N-dealkylation sites (tertiary alicyclic amines) is 1. The highest BCUT2D eigenvalue weighted by atomic mass is 35.5. The van der Waals surface area contributed by atoms with E-state index >= 15 is 0 Å². The molecule has 0 aromatic heterocycles. The Balaban J connectivity index is 1.22. The van der Waals surface area contributed by atoms with Gasteiger partial charge in [-0.1, -0.05) is 59.6 Å². The third-order valence-electron chi connectivity index (χ3n) is 7.26. The van der Waals surface area contributed by atoms with E-state index < -0.39 is 22.0 Å². The molecular weight excluding hydrogens is 599 g/mol. The summed E-state index contributed by atoms with van der Waals surface area (Å²) in [4.78, 5) is 28.4. The number of amides is 2. The van der Waals surface area contributed by atoms with Crippen LogP contribution in [0.5, 0.6) is 0 Å². The van der Waals surface area contributed by atoms with Gasteiger partial charge in [-0.3, -0.25) is 4.90 Å². The second-order valence-corrected chi connectivity index (χ2v) is 13.0. The summed E-state index contributed by atoms with van der Waals surface area (Å²) in [7, 11) is -3.52. The molecule has 5 rings (SSSR count). The molecule has 0 atom stereocenters. The summed E-state index contributed by atoms with van der Waals surface area (Å²) in [6, 6.07) is 22.7. The molecule has 0 saturated carbocycles. The fourth-order valence-electron chi connectivity index (χ4n) is 5.31. The zero-order valence-corrected chi connectivity index (χ0v) is 25.0. The van der Waals surface area contributed by atoms with Crippen LogP contribution in [0.25, 0.3) is 0 Å². The largest absolute Gasteiger partial charge is 0.418 e. The first-order valence-electron chi connectivity index (χ1n) is 13.3. The molecule has 2 saturated heterocycles. The van der Waals surface area contributed by atoms with Crippen molar-refractivity contribution in [2.75, 3.05) is 44.2 Å². The summed E-state index contributed by atoms with van der Waals surface area (Å²) in [6.45, 7) is 2.77. The minimum Gasteiger partial charge on any atom is -0.368 e. The van der Waals surface area contributed by atoms with Crippen molar-refractivity contribution in [2.24, 2.45) is 5.73 Å². The Morgan fingerprint density at radius 2 is 1.45 bits per heavy atom. The van der Waals surface area contributed by atoms with Gasteiger partial charge in [-0.15, -0.1) is 0 Å². The van der Waals surface area contributed by atoms with Crippen molar-refractivity contribution in [3.63, 3.8) is 0 Å². The summed E-state index contributed by atoms with van der Waals surface area (Å²) < 4.78 is 30.8. The molecule has 0 radical (unpaired) electrons. The first-order valence-corrected chi connectivity index (χ1v) is 15.8. The zero-order valence-electron chi connectivity index (χ0n) is 22.7. The summed E-state index contributed by atoms with van der Waals surface area (Å²) in [5, 5.41) is 2.71. The average Bonchev–Trinajstić information content (AvgIpc) is 2.93. The molecule has 0 aliphatic carbocycles. The maximum Gasteiger partial charge on any atom is 0.418 e. The molecule has 3 aromatic carbocycles. The molecule has 2 fully saturated rings. The van der Waals surface area contributed by atoms with Crippen LogP contribution in [0.15, 0.2) is 83.8 Å². The highest BCUT2D eigenvalue weighted by Crippen LogP contribution is 2.35. The number of nitrogens with zero attached hydrogens (tertiary/aromatic N) is 3. The van der Waals surface area contributed by atoms with E-state index in [1.165, 1.54) is 10.3 Å². The van der Waals surface area contributed by atoms with Crippen LogP contribution in [0.3, 0.4) is 0 Å². The highest BCUT2D eigenvalue weighted by molar-refractivity contribution is 7.93. The molecule has 2 amide bonds. The number of anilines is 1. The smallest absolute Gasteiger partial charge is 0.368 e. The Kier molecular flexibility index (Phi) is 9.08. The van der Waals surface area contributed by atoms with Gasteiger partial charge in [0.2, 0.25) is 0 Å². The number of hydrogen-bond acceptors (Lipinski definition) is 7. The van der Waals surface area contributed by atoms with Crippen molar-refractivity contribution in [1.29, 1.82) is 0 Å². The maximum absolute atomic E-state index is 13.2. The van der Waals surface area contributed by atoms with Crippen LogP contribution in [-0.4, -0.2) is 69.7 Å². The molecule has 0 bridgehead atoms. The summed E-state index contributed by atoms with van der Waals surface area (Å²) >= 11 is 12.2. The van der Waals surface area contributed by atoms with Crippen LogP contribution in [0.1, 0.15) is 22.7 Å². The molecule has 0 spiro atoms. The van der Waals surface area contributed by atoms with E-state index in [1.807, 2.05) is 66.7 Å². The topological polar surface area (TPSA) is 113 Å². The molecule has 2 aliphatic heterocycles. The number of benzene rings is 3. The summed E-state index contributed by atoms with van der Waals surface area (Å²) in [5.41, 5.74) is 9.43. The predicted molar refractivity (Wildman–Crippen MR) is 163 cm³/mol. The van der Waals surface area contributed by atoms with Crippen LogP contribution < -0.4 is 10.6 Å². The van der Waals surface area contributed by atoms with Gasteiger partial charge in [0.25, 0.3) is 0 Å². The molecule has 2 N–H and O–H groups in total. The molecule has 220 valence electrons. The lowest BCUT2D eigenvalue weighted by Crippen LogP contribution is -2.49. The molecule has 2 heterocycles. The summed E-state index contributed by atoms with van der Waals surface area (Å²) in [6.07, 6.45) is -1.90. The first-order chi connectivity index (χ1) is 20.1. The van der Waals surface area contributed by atoms with Gasteiger partial charge in [0.1, 0.15) is 0 Å². The van der Waals surface area contributed by atoms with Crippen LogP contribution >= 0.6 is 23.2 Å². The maximum atomic E-state index is 13.2. The zero-order chi connectivity index (χ0) is 29.9. The Bertz CT molecular complexity index is 1540. The van der Waals surface area contributed by atoms with Gasteiger partial charge >= 0.3 is 12.2 Å². The molecule has 3 aromatic rings. The number of carbonyl (C=O) groups excluding carboxylic acids is 2. The molecule has 12 heteroatoms. The van der Waals surface area contributed by atoms with Gasteiger partial charge in [0.15, 0.2) is 9.84 Å². The van der Waals surface area contributed by atoms with E-state index in [9.17, 15) is 18.0 Å². The van der Waals surface area contributed by atoms with Gasteiger partial charge in [0, 0.05) is 60.4 Å². The van der Waals surface area contributed by atoms with E-state index in [0.717, 1.165) is 22.4 Å². The summed E-state index contributed by atoms with van der Waals surface area (Å²) in [5.74, 6) is -0.118. The monoisotopic (exact) mass is 628 g/mol. The second-order valence-electron chi connectivity index (χ2n) is 10.3. The van der Waals surface area contributed by atoms with Gasteiger partial charge < -0.3 is 20.3 Å². The molecule has 0 unspecified atom stereocenters. The Morgan fingerprint density at radius 1 is 0.881 bits per heavy atom. The van der Waals surface area contributed by atoms with E-state index in [2.05, 4.69) is 14.5 Å². The number of primary amides is 1. The van der Waals surface area contributed by atoms with Gasteiger partial charge in [-0.25, -0.2) is 18.0 Å². The molecule has 42 heavy (non-hydrogen) atoms. The minimum atomic E-state index is -3.52. The number of sulfone groups is 1. The van der Waals surface area contributed by atoms with Crippen molar-refractivity contribution in [3.05, 3.63) is 111 Å². The van der Waals surface area contributed by atoms with Crippen molar-refractivity contribution >= 4 is 50.9 Å². The lowest BCUT2D eigenvalue weighted by atomic mass is 9.93. The van der Waals surface area contributed by atoms with Gasteiger partial charge in [-0.2, -0.15) is 0 Å². The molecule has 2 aliphatic rings. The molecular formula is C30H30Cl2N4O5S. The lowest BCUT2D eigenvalue weighted by Gasteiger charge is -2.41. The van der Waals surface area contributed by atoms with E-state index in [1.54, 1.807) is 6.07 Å². The predicted octanol–water partition coefficient (Wildman–Crippen LogP) is 5.23. The number of rotatable bonds is 7. The third kappa shape index (κ3) is 7.43. The normalized spacial score (nSPS) is 15.8. The van der Waals surface area contributed by atoms with Crippen molar-refractivity contribution in [1.82, 2.24) is 9.80 Å². The number of carbonyl (C=O) groups is 2. The Labute approximate surface area is 255 Å². The van der Waals surface area contributed by atoms with Gasteiger partial charge in [0.05, 0.1) is 11.8 Å². The minimum absolute atomic E-state index is 0.0609. The number of nitrogens with two attached hydrogens (primary N) is 1. The number of piperazine rings is 1. The van der Waals surface area contributed by atoms with Gasteiger partial charge in [-0.05, 0) is 58.7 Å². The highest BCUT2D eigenvalue weighted by Gasteiger charge is 2.31. The van der Waals surface area contributed by atoms with Crippen molar-refractivity contribution in [3.8, 4) is 0 Å². The average molecular weight is 630 g/mol. The molecule has 9 nitrogen and oxygen atoms in total. The fourth-order valence-corrected chi connectivity index (χ4v) is 6.94. The SMILES string of the molecule is NC(=O)OC(=O)N1CCN(c2cccc(CS(=O)(=O)C=C3CN(C(c4ccc(Cl)cc4)c4ccc(Cl)cc4)C3)c2)CC1. The van der Waals surface area contributed by atoms with Crippen LogP contribution in [0, 0.1) is 0 Å². The van der Waals surface area contributed by atoms with Crippen molar-refractivity contribution in [2.45, 2.75) is 11.8 Å². The van der Waals surface area contributed by atoms with E-state index in [0.29, 0.717) is 54.9 Å². The Hall–Kier alpha value is -3.57. The number of hydrogen-bond donors (Lipinski definition) is 1. The quantitative estimate of drug-likeness (QED) is 0.356.